The Morgan fingerprint density at radius 3 is 2.88 bits per heavy atom. The summed E-state index contributed by atoms with van der Waals surface area (Å²) in [5, 5.41) is 11.2. The summed E-state index contributed by atoms with van der Waals surface area (Å²) in [6.45, 7) is 1.63. The zero-order valence-corrected chi connectivity index (χ0v) is 9.05. The first kappa shape index (κ1) is 10.8. The van der Waals surface area contributed by atoms with E-state index in [1.165, 1.54) is 0 Å². The molecular weight excluding hydrogens is 202 g/mol. The number of pyridine rings is 1. The number of carbonyl (C=O) groups is 1. The van der Waals surface area contributed by atoms with Gasteiger partial charge in [0, 0.05) is 23.6 Å². The molecule has 2 aromatic rings. The smallest absolute Gasteiger partial charge is 0.123 e. The monoisotopic (exact) mass is 215 g/mol. The molecule has 0 aliphatic rings. The Kier molecular flexibility index (Phi) is 2.71. The number of fused-ring (bicyclic) bond motifs is 1. The summed E-state index contributed by atoms with van der Waals surface area (Å²) in [6.07, 6.45) is 2.48. The topological polar surface area (TPSA) is 50.2 Å². The van der Waals surface area contributed by atoms with Crippen molar-refractivity contribution in [2.24, 2.45) is 0 Å². The van der Waals surface area contributed by atoms with Crippen LogP contribution in [0.25, 0.3) is 10.9 Å². The number of para-hydroxylation sites is 1. The van der Waals surface area contributed by atoms with Crippen LogP contribution in [-0.4, -0.2) is 16.4 Å². The van der Waals surface area contributed by atoms with Crippen LogP contribution in [0.5, 0.6) is 0 Å². The molecule has 0 fully saturated rings. The summed E-state index contributed by atoms with van der Waals surface area (Å²) in [7, 11) is 0. The molecule has 1 N–H and O–H groups in total. The molecule has 1 aromatic carbocycles. The second-order valence-corrected chi connectivity index (χ2v) is 4.03. The molecule has 0 aliphatic carbocycles. The first-order valence-corrected chi connectivity index (χ1v) is 5.15. The summed E-state index contributed by atoms with van der Waals surface area (Å²) in [5.74, 6) is 0. The van der Waals surface area contributed by atoms with E-state index < -0.39 is 5.60 Å². The van der Waals surface area contributed by atoms with Crippen molar-refractivity contribution in [3.05, 3.63) is 42.1 Å². The van der Waals surface area contributed by atoms with E-state index in [0.717, 1.165) is 17.2 Å². The van der Waals surface area contributed by atoms with Gasteiger partial charge in [0.1, 0.15) is 6.29 Å². The van der Waals surface area contributed by atoms with E-state index in [0.29, 0.717) is 5.56 Å². The van der Waals surface area contributed by atoms with Gasteiger partial charge < -0.3 is 9.90 Å². The average Bonchev–Trinajstić information content (AvgIpc) is 2.28. The van der Waals surface area contributed by atoms with Crippen molar-refractivity contribution in [3.63, 3.8) is 0 Å². The quantitative estimate of drug-likeness (QED) is 0.797. The number of nitrogens with zero attached hydrogens (tertiary/aromatic N) is 1. The van der Waals surface area contributed by atoms with Gasteiger partial charge in [-0.05, 0) is 13.0 Å². The normalized spacial score (nSPS) is 14.6. The minimum atomic E-state index is -1.16. The Bertz CT molecular complexity index is 515. The minimum Gasteiger partial charge on any atom is -0.385 e. The van der Waals surface area contributed by atoms with Crippen molar-refractivity contribution in [2.75, 3.05) is 0 Å². The molecule has 1 heterocycles. The summed E-state index contributed by atoms with van der Waals surface area (Å²) < 4.78 is 0. The van der Waals surface area contributed by atoms with E-state index in [9.17, 15) is 9.90 Å². The highest BCUT2D eigenvalue weighted by Crippen LogP contribution is 2.28. The van der Waals surface area contributed by atoms with Gasteiger partial charge >= 0.3 is 0 Å². The zero-order chi connectivity index (χ0) is 11.6. The number of carbonyl (C=O) groups excluding carboxylic acids is 1. The SMILES string of the molecule is CC(O)(CC=O)c1cccc2cccnc12. The Morgan fingerprint density at radius 2 is 2.12 bits per heavy atom. The summed E-state index contributed by atoms with van der Waals surface area (Å²) in [5.41, 5.74) is 0.282. The number of benzene rings is 1. The predicted molar refractivity (Wildman–Crippen MR) is 62.0 cm³/mol. The van der Waals surface area contributed by atoms with Crippen LogP contribution in [0.3, 0.4) is 0 Å². The van der Waals surface area contributed by atoms with Gasteiger partial charge in [0.2, 0.25) is 0 Å². The van der Waals surface area contributed by atoms with Crippen LogP contribution in [0.2, 0.25) is 0 Å². The molecule has 16 heavy (non-hydrogen) atoms. The molecule has 0 radical (unpaired) electrons. The minimum absolute atomic E-state index is 0.0721. The Morgan fingerprint density at radius 1 is 1.38 bits per heavy atom. The second kappa shape index (κ2) is 4.02. The Hall–Kier alpha value is -1.74. The largest absolute Gasteiger partial charge is 0.385 e. The maximum absolute atomic E-state index is 10.5. The van der Waals surface area contributed by atoms with E-state index in [4.69, 9.17) is 0 Å². The highest BCUT2D eigenvalue weighted by atomic mass is 16.3. The molecule has 0 bridgehead atoms. The van der Waals surface area contributed by atoms with E-state index in [2.05, 4.69) is 4.98 Å². The predicted octanol–water partition coefficient (Wildman–Crippen LogP) is 2.03. The molecule has 82 valence electrons. The van der Waals surface area contributed by atoms with Gasteiger partial charge in [0.05, 0.1) is 11.1 Å². The molecule has 0 saturated heterocycles. The van der Waals surface area contributed by atoms with Gasteiger partial charge in [-0.3, -0.25) is 4.98 Å². The van der Waals surface area contributed by atoms with Crippen molar-refractivity contribution >= 4 is 17.2 Å². The Balaban J connectivity index is 2.64. The van der Waals surface area contributed by atoms with Crippen LogP contribution in [0.4, 0.5) is 0 Å². The summed E-state index contributed by atoms with van der Waals surface area (Å²) >= 11 is 0. The van der Waals surface area contributed by atoms with Crippen molar-refractivity contribution in [2.45, 2.75) is 18.9 Å². The molecule has 0 saturated carbocycles. The van der Waals surface area contributed by atoms with E-state index in [1.807, 2.05) is 24.3 Å². The summed E-state index contributed by atoms with van der Waals surface area (Å²) in [4.78, 5) is 14.8. The van der Waals surface area contributed by atoms with Gasteiger partial charge in [-0.15, -0.1) is 0 Å². The van der Waals surface area contributed by atoms with Crippen molar-refractivity contribution in [3.8, 4) is 0 Å². The number of aldehydes is 1. The summed E-state index contributed by atoms with van der Waals surface area (Å²) in [6, 6.07) is 9.38. The lowest BCUT2D eigenvalue weighted by molar-refractivity contribution is -0.112. The lowest BCUT2D eigenvalue weighted by Gasteiger charge is -2.22. The molecule has 1 aromatic heterocycles. The number of aliphatic hydroxyl groups is 1. The van der Waals surface area contributed by atoms with Gasteiger partial charge in [-0.2, -0.15) is 0 Å². The standard InChI is InChI=1S/C13H13NO2/c1-13(16,7-9-15)11-6-2-4-10-5-3-8-14-12(10)11/h2-6,8-9,16H,7H2,1H3. The highest BCUT2D eigenvalue weighted by molar-refractivity contribution is 5.82. The van der Waals surface area contributed by atoms with Gasteiger partial charge in [-0.25, -0.2) is 0 Å². The fourth-order valence-corrected chi connectivity index (χ4v) is 1.81. The Labute approximate surface area is 93.7 Å². The zero-order valence-electron chi connectivity index (χ0n) is 9.05. The third-order valence-electron chi connectivity index (χ3n) is 2.69. The number of rotatable bonds is 3. The highest BCUT2D eigenvalue weighted by Gasteiger charge is 2.24. The third-order valence-corrected chi connectivity index (χ3v) is 2.69. The fourth-order valence-electron chi connectivity index (χ4n) is 1.81. The second-order valence-electron chi connectivity index (χ2n) is 4.03. The lowest BCUT2D eigenvalue weighted by Crippen LogP contribution is -2.22. The van der Waals surface area contributed by atoms with Gasteiger partial charge in [-0.1, -0.05) is 24.3 Å². The molecule has 3 heteroatoms. The fraction of sp³-hybridized carbons (Fsp3) is 0.231. The van der Waals surface area contributed by atoms with Crippen LogP contribution in [0, 0.1) is 0 Å². The van der Waals surface area contributed by atoms with Crippen molar-refractivity contribution < 1.29 is 9.90 Å². The molecule has 2 rings (SSSR count). The van der Waals surface area contributed by atoms with E-state index in [-0.39, 0.29) is 6.42 Å². The third kappa shape index (κ3) is 1.82. The molecule has 0 spiro atoms. The van der Waals surface area contributed by atoms with Crippen LogP contribution in [0.15, 0.2) is 36.5 Å². The number of hydrogen-bond donors (Lipinski definition) is 1. The maximum Gasteiger partial charge on any atom is 0.123 e. The van der Waals surface area contributed by atoms with Crippen molar-refractivity contribution in [1.82, 2.24) is 4.98 Å². The van der Waals surface area contributed by atoms with Gasteiger partial charge in [0.15, 0.2) is 0 Å². The van der Waals surface area contributed by atoms with Crippen molar-refractivity contribution in [1.29, 1.82) is 0 Å². The van der Waals surface area contributed by atoms with E-state index in [1.54, 1.807) is 19.2 Å². The molecule has 1 atom stereocenters. The molecule has 0 aliphatic heterocycles. The first-order valence-electron chi connectivity index (χ1n) is 5.15. The van der Waals surface area contributed by atoms with Crippen LogP contribution >= 0.6 is 0 Å². The lowest BCUT2D eigenvalue weighted by atomic mass is 9.91. The molecule has 3 nitrogen and oxygen atoms in total. The van der Waals surface area contributed by atoms with E-state index >= 15 is 0 Å². The first-order chi connectivity index (χ1) is 7.65. The molecular formula is C13H13NO2. The van der Waals surface area contributed by atoms with Gasteiger partial charge in [0.25, 0.3) is 0 Å². The average molecular weight is 215 g/mol. The molecule has 1 unspecified atom stereocenters. The molecule has 0 amide bonds. The number of hydrogen-bond acceptors (Lipinski definition) is 3. The van der Waals surface area contributed by atoms with Crippen LogP contribution < -0.4 is 0 Å². The maximum atomic E-state index is 10.5. The number of aromatic nitrogens is 1. The van der Waals surface area contributed by atoms with Crippen LogP contribution in [0.1, 0.15) is 18.9 Å². The van der Waals surface area contributed by atoms with Crippen LogP contribution in [-0.2, 0) is 10.4 Å².